The largest absolute Gasteiger partial charge is 0.381 e. The number of amides is 1. The van der Waals surface area contributed by atoms with Crippen molar-refractivity contribution >= 4 is 18.1 Å². The number of guanidine groups is 1. The summed E-state index contributed by atoms with van der Waals surface area (Å²) in [5, 5.41) is 0. The van der Waals surface area contributed by atoms with Crippen molar-refractivity contribution in [3.8, 4) is 11.1 Å². The number of hydrogen-bond donors (Lipinski definition) is 1. The van der Waals surface area contributed by atoms with Gasteiger partial charge in [0.25, 0.3) is 0 Å². The molecule has 0 aromatic heterocycles. The third-order valence-corrected chi connectivity index (χ3v) is 8.11. The number of nitrogens with zero attached hydrogens (tertiary/aromatic N) is 3. The SMILES string of the molecule is C/N=C/c1cccc(-c2ccc3c(c2)C2(CC(=O)N(C)C(N)=N2)C2(CCC(OC)CC2)C3)c1. The van der Waals surface area contributed by atoms with Gasteiger partial charge in [0, 0.05) is 32.8 Å². The van der Waals surface area contributed by atoms with Gasteiger partial charge >= 0.3 is 0 Å². The number of fused-ring (bicyclic) bond motifs is 3. The zero-order valence-corrected chi connectivity index (χ0v) is 19.7. The molecular weight excluding hydrogens is 412 g/mol. The molecule has 0 bridgehead atoms. The van der Waals surface area contributed by atoms with E-state index in [4.69, 9.17) is 15.5 Å². The van der Waals surface area contributed by atoms with Crippen molar-refractivity contribution in [2.24, 2.45) is 21.1 Å². The lowest BCUT2D eigenvalue weighted by Crippen LogP contribution is -2.54. The molecule has 2 spiro atoms. The first-order valence-corrected chi connectivity index (χ1v) is 11.7. The van der Waals surface area contributed by atoms with Crippen molar-refractivity contribution in [2.75, 3.05) is 21.2 Å². The zero-order chi connectivity index (χ0) is 23.2. The highest BCUT2D eigenvalue weighted by molar-refractivity contribution is 5.99. The number of methoxy groups -OCH3 is 1. The number of hydrogen-bond acceptors (Lipinski definition) is 5. The number of carbonyl (C=O) groups excluding carboxylic acids is 1. The zero-order valence-electron chi connectivity index (χ0n) is 19.7. The van der Waals surface area contributed by atoms with E-state index in [0.717, 1.165) is 54.4 Å². The van der Waals surface area contributed by atoms with Gasteiger partial charge in [0.15, 0.2) is 5.96 Å². The molecule has 1 aliphatic heterocycles. The molecule has 2 aliphatic carbocycles. The second-order valence-corrected chi connectivity index (χ2v) is 9.74. The molecular formula is C27H32N4O2. The molecule has 3 aliphatic rings. The van der Waals surface area contributed by atoms with Gasteiger partial charge in [-0.15, -0.1) is 0 Å². The lowest BCUT2D eigenvalue weighted by atomic mass is 9.60. The molecule has 2 aromatic rings. The van der Waals surface area contributed by atoms with E-state index in [1.165, 1.54) is 10.5 Å². The summed E-state index contributed by atoms with van der Waals surface area (Å²) < 4.78 is 5.67. The van der Waals surface area contributed by atoms with Gasteiger partial charge in [-0.05, 0) is 72.1 Å². The molecule has 5 rings (SSSR count). The smallest absolute Gasteiger partial charge is 0.231 e. The number of rotatable bonds is 3. The molecule has 1 unspecified atom stereocenters. The van der Waals surface area contributed by atoms with Gasteiger partial charge in [0.05, 0.1) is 12.5 Å². The normalized spacial score (nSPS) is 29.2. The van der Waals surface area contributed by atoms with E-state index >= 15 is 0 Å². The van der Waals surface area contributed by atoms with E-state index in [-0.39, 0.29) is 17.4 Å². The average Bonchev–Trinajstić information content (AvgIpc) is 3.06. The van der Waals surface area contributed by atoms with Gasteiger partial charge in [-0.3, -0.25) is 14.7 Å². The first-order chi connectivity index (χ1) is 15.9. The first-order valence-electron chi connectivity index (χ1n) is 11.7. The van der Waals surface area contributed by atoms with Gasteiger partial charge in [-0.1, -0.05) is 30.3 Å². The van der Waals surface area contributed by atoms with Crippen molar-refractivity contribution in [2.45, 2.75) is 50.2 Å². The molecule has 2 N–H and O–H groups in total. The van der Waals surface area contributed by atoms with E-state index in [0.29, 0.717) is 12.4 Å². The second-order valence-electron chi connectivity index (χ2n) is 9.74. The van der Waals surface area contributed by atoms with E-state index in [1.807, 2.05) is 6.21 Å². The molecule has 1 saturated carbocycles. The summed E-state index contributed by atoms with van der Waals surface area (Å²) in [5.41, 5.74) is 11.4. The minimum Gasteiger partial charge on any atom is -0.381 e. The van der Waals surface area contributed by atoms with Crippen LogP contribution in [0.2, 0.25) is 0 Å². The topological polar surface area (TPSA) is 80.3 Å². The van der Waals surface area contributed by atoms with Crippen LogP contribution in [-0.2, 0) is 21.5 Å². The quantitative estimate of drug-likeness (QED) is 0.729. The van der Waals surface area contributed by atoms with E-state index in [9.17, 15) is 4.79 Å². The number of benzene rings is 2. The summed E-state index contributed by atoms with van der Waals surface area (Å²) in [5.74, 6) is 0.356. The van der Waals surface area contributed by atoms with Crippen LogP contribution in [0.4, 0.5) is 0 Å². The van der Waals surface area contributed by atoms with Crippen LogP contribution >= 0.6 is 0 Å². The average molecular weight is 445 g/mol. The van der Waals surface area contributed by atoms with Gasteiger partial charge in [0.1, 0.15) is 5.54 Å². The minimum absolute atomic E-state index is 0.0372. The Morgan fingerprint density at radius 3 is 2.61 bits per heavy atom. The fourth-order valence-corrected chi connectivity index (χ4v) is 6.25. The van der Waals surface area contributed by atoms with Crippen LogP contribution in [0.25, 0.3) is 11.1 Å². The summed E-state index contributed by atoms with van der Waals surface area (Å²) in [7, 11) is 5.29. The van der Waals surface area contributed by atoms with Crippen LogP contribution in [0.5, 0.6) is 0 Å². The van der Waals surface area contributed by atoms with Crippen LogP contribution in [-0.4, -0.2) is 50.3 Å². The summed E-state index contributed by atoms with van der Waals surface area (Å²) in [4.78, 5) is 23.9. The predicted molar refractivity (Wildman–Crippen MR) is 131 cm³/mol. The fraction of sp³-hybridized carbons (Fsp3) is 0.444. The monoisotopic (exact) mass is 444 g/mol. The minimum atomic E-state index is -0.618. The van der Waals surface area contributed by atoms with Crippen LogP contribution in [0.15, 0.2) is 52.4 Å². The molecule has 33 heavy (non-hydrogen) atoms. The number of carbonyl (C=O) groups is 1. The highest BCUT2D eigenvalue weighted by Gasteiger charge is 2.61. The third kappa shape index (κ3) is 3.39. The van der Waals surface area contributed by atoms with Crippen LogP contribution in [0, 0.1) is 5.41 Å². The van der Waals surface area contributed by atoms with Crippen LogP contribution < -0.4 is 5.73 Å². The van der Waals surface area contributed by atoms with Gasteiger partial charge in [-0.2, -0.15) is 0 Å². The van der Waals surface area contributed by atoms with Crippen molar-refractivity contribution < 1.29 is 9.53 Å². The van der Waals surface area contributed by atoms with Crippen LogP contribution in [0.3, 0.4) is 0 Å². The fourth-order valence-electron chi connectivity index (χ4n) is 6.25. The molecule has 6 nitrogen and oxygen atoms in total. The van der Waals surface area contributed by atoms with Crippen molar-refractivity contribution in [1.82, 2.24) is 4.90 Å². The lowest BCUT2D eigenvalue weighted by Gasteiger charge is -2.49. The standard InChI is InChI=1S/C27H32N4O2/c1-29-17-18-5-4-6-19(13-18)20-7-8-21-15-26(11-9-22(33-3)10-12-26)27(23(21)14-20)16-24(32)31(2)25(28)30-27/h4-8,13-14,17,22H,9-12,15-16H2,1-3H3,(H2,28,30)/b29-17+. The second kappa shape index (κ2) is 8.10. The summed E-state index contributed by atoms with van der Waals surface area (Å²) in [6.07, 6.45) is 7.35. The Labute approximate surface area is 195 Å². The predicted octanol–water partition coefficient (Wildman–Crippen LogP) is 3.91. The Balaban J connectivity index is 1.65. The molecule has 1 amide bonds. The summed E-state index contributed by atoms with van der Waals surface area (Å²) in [6, 6.07) is 15.1. The lowest BCUT2D eigenvalue weighted by molar-refractivity contribution is -0.131. The van der Waals surface area contributed by atoms with Gasteiger partial charge < -0.3 is 10.5 Å². The van der Waals surface area contributed by atoms with E-state index in [1.54, 1.807) is 21.2 Å². The Morgan fingerprint density at radius 2 is 1.91 bits per heavy atom. The maximum Gasteiger partial charge on any atom is 0.231 e. The summed E-state index contributed by atoms with van der Waals surface area (Å²) >= 11 is 0. The Morgan fingerprint density at radius 1 is 1.15 bits per heavy atom. The number of aliphatic imine (C=N–C) groups is 2. The molecule has 2 aromatic carbocycles. The molecule has 1 heterocycles. The van der Waals surface area contributed by atoms with Crippen LogP contribution in [0.1, 0.15) is 48.8 Å². The third-order valence-electron chi connectivity index (χ3n) is 8.11. The van der Waals surface area contributed by atoms with E-state index < -0.39 is 5.54 Å². The maximum atomic E-state index is 13.1. The Hall–Kier alpha value is -2.99. The van der Waals surface area contributed by atoms with Crippen molar-refractivity contribution in [3.63, 3.8) is 0 Å². The molecule has 6 heteroatoms. The maximum absolute atomic E-state index is 13.1. The molecule has 1 atom stereocenters. The summed E-state index contributed by atoms with van der Waals surface area (Å²) in [6.45, 7) is 0. The molecule has 172 valence electrons. The molecule has 0 saturated heterocycles. The van der Waals surface area contributed by atoms with Crippen molar-refractivity contribution in [1.29, 1.82) is 0 Å². The Bertz CT molecular complexity index is 1150. The molecule has 0 radical (unpaired) electrons. The number of ether oxygens (including phenoxy) is 1. The number of nitrogens with two attached hydrogens (primary N) is 1. The van der Waals surface area contributed by atoms with Crippen molar-refractivity contribution in [3.05, 3.63) is 59.2 Å². The van der Waals surface area contributed by atoms with E-state index in [2.05, 4.69) is 47.5 Å². The first kappa shape index (κ1) is 21.8. The Kier molecular flexibility index (Phi) is 5.36. The van der Waals surface area contributed by atoms with Gasteiger partial charge in [0.2, 0.25) is 5.91 Å². The highest BCUT2D eigenvalue weighted by Crippen LogP contribution is 2.62. The highest BCUT2D eigenvalue weighted by atomic mass is 16.5. The van der Waals surface area contributed by atoms with Gasteiger partial charge in [-0.25, -0.2) is 4.99 Å². The molecule has 1 fully saturated rings.